The number of methoxy groups -OCH3 is 1. The Morgan fingerprint density at radius 1 is 1.05 bits per heavy atom. The zero-order valence-electron chi connectivity index (χ0n) is 21.7. The van der Waals surface area contributed by atoms with Crippen LogP contribution in [0.25, 0.3) is 11.0 Å². The highest BCUT2D eigenvalue weighted by atomic mass is 16.5. The standard InChI is InChI=1S/C31H29NO6/c1-5-37-23-10-7-9-22(17-23)32-27(20-14-12-19(13-15-20)18(2)3)26(29(34)31(32)35)28(33)25-16-21-8-6-11-24(36-4)30(21)38-25/h6-18,27,34H,5H2,1-4H3. The molecule has 5 rings (SSSR count). The Hall–Kier alpha value is -4.52. The Bertz CT molecular complexity index is 1550. The molecular weight excluding hydrogens is 482 g/mol. The summed E-state index contributed by atoms with van der Waals surface area (Å²) in [6, 6.07) is 20.8. The molecular formula is C31H29NO6. The number of carbonyl (C=O) groups excluding carboxylic acids is 2. The van der Waals surface area contributed by atoms with Crippen molar-refractivity contribution in [2.24, 2.45) is 0 Å². The summed E-state index contributed by atoms with van der Waals surface area (Å²) >= 11 is 0. The Morgan fingerprint density at radius 3 is 2.47 bits per heavy atom. The lowest BCUT2D eigenvalue weighted by atomic mass is 9.92. The van der Waals surface area contributed by atoms with E-state index in [4.69, 9.17) is 13.9 Å². The maximum atomic E-state index is 13.9. The molecule has 1 amide bonds. The van der Waals surface area contributed by atoms with Crippen molar-refractivity contribution in [2.45, 2.75) is 32.7 Å². The highest BCUT2D eigenvalue weighted by Gasteiger charge is 2.45. The molecule has 1 aromatic heterocycles. The number of aliphatic hydroxyl groups excluding tert-OH is 1. The monoisotopic (exact) mass is 511 g/mol. The van der Waals surface area contributed by atoms with Gasteiger partial charge in [-0.3, -0.25) is 14.5 Å². The highest BCUT2D eigenvalue weighted by molar-refractivity contribution is 6.20. The molecule has 7 heteroatoms. The number of benzene rings is 3. The number of hydrogen-bond donors (Lipinski definition) is 1. The Morgan fingerprint density at radius 2 is 1.79 bits per heavy atom. The van der Waals surface area contributed by atoms with Gasteiger partial charge in [0.15, 0.2) is 22.9 Å². The van der Waals surface area contributed by atoms with E-state index in [0.29, 0.717) is 46.2 Å². The molecule has 1 N–H and O–H groups in total. The van der Waals surface area contributed by atoms with E-state index in [1.165, 1.54) is 12.0 Å². The molecule has 4 aromatic rings. The third kappa shape index (κ3) is 4.30. The SMILES string of the molecule is CCOc1cccc(N2C(=O)C(O)=C(C(=O)c3cc4cccc(OC)c4o3)C2c2ccc(C(C)C)cc2)c1. The first-order chi connectivity index (χ1) is 18.3. The Balaban J connectivity index is 1.64. The fraction of sp³-hybridized carbons (Fsp3) is 0.226. The van der Waals surface area contributed by atoms with Crippen LogP contribution in [0.3, 0.4) is 0 Å². The molecule has 1 atom stereocenters. The summed E-state index contributed by atoms with van der Waals surface area (Å²) in [5.41, 5.74) is 2.67. The minimum absolute atomic E-state index is 0.00701. The lowest BCUT2D eigenvalue weighted by Crippen LogP contribution is -2.31. The summed E-state index contributed by atoms with van der Waals surface area (Å²) in [7, 11) is 1.52. The van der Waals surface area contributed by atoms with Gasteiger partial charge in [-0.05, 0) is 48.2 Å². The maximum absolute atomic E-state index is 13.9. The quantitative estimate of drug-likeness (QED) is 0.263. The molecule has 0 aliphatic carbocycles. The maximum Gasteiger partial charge on any atom is 0.294 e. The molecule has 0 saturated heterocycles. The zero-order valence-corrected chi connectivity index (χ0v) is 21.7. The predicted octanol–water partition coefficient (Wildman–Crippen LogP) is 6.75. The number of amides is 1. The molecule has 1 unspecified atom stereocenters. The lowest BCUT2D eigenvalue weighted by molar-refractivity contribution is -0.117. The van der Waals surface area contributed by atoms with Gasteiger partial charge in [0.05, 0.1) is 25.3 Å². The van der Waals surface area contributed by atoms with Gasteiger partial charge >= 0.3 is 0 Å². The number of fused-ring (bicyclic) bond motifs is 1. The van der Waals surface area contributed by atoms with Crippen LogP contribution in [0, 0.1) is 0 Å². The van der Waals surface area contributed by atoms with E-state index >= 15 is 0 Å². The van der Waals surface area contributed by atoms with Crippen molar-refractivity contribution in [3.63, 3.8) is 0 Å². The van der Waals surface area contributed by atoms with Crippen molar-refractivity contribution in [1.29, 1.82) is 0 Å². The molecule has 0 fully saturated rings. The number of ether oxygens (including phenoxy) is 2. The molecule has 0 radical (unpaired) electrons. The van der Waals surface area contributed by atoms with Crippen molar-refractivity contribution < 1.29 is 28.6 Å². The van der Waals surface area contributed by atoms with Gasteiger partial charge in [-0.1, -0.05) is 56.3 Å². The summed E-state index contributed by atoms with van der Waals surface area (Å²) in [6.45, 7) is 6.52. The van der Waals surface area contributed by atoms with Crippen LogP contribution in [0.15, 0.2) is 88.5 Å². The van der Waals surface area contributed by atoms with E-state index in [2.05, 4.69) is 13.8 Å². The van der Waals surface area contributed by atoms with Crippen LogP contribution >= 0.6 is 0 Å². The van der Waals surface area contributed by atoms with Gasteiger partial charge in [-0.15, -0.1) is 0 Å². The summed E-state index contributed by atoms with van der Waals surface area (Å²) in [4.78, 5) is 28.9. The van der Waals surface area contributed by atoms with Crippen LogP contribution in [-0.4, -0.2) is 30.5 Å². The van der Waals surface area contributed by atoms with Gasteiger partial charge in [-0.25, -0.2) is 0 Å². The average molecular weight is 512 g/mol. The third-order valence-electron chi connectivity index (χ3n) is 6.73. The van der Waals surface area contributed by atoms with Gasteiger partial charge in [0, 0.05) is 17.1 Å². The van der Waals surface area contributed by atoms with Crippen LogP contribution in [0.4, 0.5) is 5.69 Å². The zero-order chi connectivity index (χ0) is 27.0. The van der Waals surface area contributed by atoms with Crippen LogP contribution < -0.4 is 14.4 Å². The second-order valence-corrected chi connectivity index (χ2v) is 9.41. The molecule has 7 nitrogen and oxygen atoms in total. The Labute approximate surface area is 220 Å². The number of anilines is 1. The number of aliphatic hydroxyl groups is 1. The molecule has 0 saturated carbocycles. The van der Waals surface area contributed by atoms with Gasteiger partial charge in [0.1, 0.15) is 5.75 Å². The normalized spacial score (nSPS) is 15.6. The number of hydrogen-bond acceptors (Lipinski definition) is 6. The van der Waals surface area contributed by atoms with Gasteiger partial charge < -0.3 is 19.0 Å². The summed E-state index contributed by atoms with van der Waals surface area (Å²) in [5, 5.41) is 11.8. The number of para-hydroxylation sites is 1. The molecule has 3 aromatic carbocycles. The van der Waals surface area contributed by atoms with Crippen molar-refractivity contribution in [3.05, 3.63) is 101 Å². The smallest absolute Gasteiger partial charge is 0.294 e. The minimum atomic E-state index is -0.872. The lowest BCUT2D eigenvalue weighted by Gasteiger charge is -2.27. The first kappa shape index (κ1) is 25.1. The fourth-order valence-corrected chi connectivity index (χ4v) is 4.81. The third-order valence-corrected chi connectivity index (χ3v) is 6.73. The number of ketones is 1. The molecule has 0 bridgehead atoms. The first-order valence-corrected chi connectivity index (χ1v) is 12.5. The average Bonchev–Trinajstić information content (AvgIpc) is 3.48. The molecule has 38 heavy (non-hydrogen) atoms. The van der Waals surface area contributed by atoms with E-state index in [0.717, 1.165) is 5.56 Å². The van der Waals surface area contributed by atoms with Crippen molar-refractivity contribution in [3.8, 4) is 11.5 Å². The number of Topliss-reactive ketones (excluding diaryl/α,β-unsaturated/α-hetero) is 1. The number of furan rings is 1. The summed E-state index contributed by atoms with van der Waals surface area (Å²) in [5.74, 6) is -0.476. The van der Waals surface area contributed by atoms with E-state index in [-0.39, 0.29) is 11.3 Å². The van der Waals surface area contributed by atoms with Crippen LogP contribution in [0.2, 0.25) is 0 Å². The van der Waals surface area contributed by atoms with Crippen molar-refractivity contribution >= 4 is 28.3 Å². The van der Waals surface area contributed by atoms with Crippen LogP contribution in [0.5, 0.6) is 11.5 Å². The van der Waals surface area contributed by atoms with Gasteiger partial charge in [-0.2, -0.15) is 0 Å². The molecule has 1 aliphatic rings. The fourth-order valence-electron chi connectivity index (χ4n) is 4.81. The summed E-state index contributed by atoms with van der Waals surface area (Å²) < 4.78 is 16.9. The van der Waals surface area contributed by atoms with E-state index in [1.54, 1.807) is 48.5 Å². The van der Waals surface area contributed by atoms with Crippen LogP contribution in [-0.2, 0) is 4.79 Å². The number of rotatable bonds is 8. The number of carbonyl (C=O) groups is 2. The van der Waals surface area contributed by atoms with Gasteiger partial charge in [0.25, 0.3) is 5.91 Å². The minimum Gasteiger partial charge on any atom is -0.503 e. The molecule has 194 valence electrons. The summed E-state index contributed by atoms with van der Waals surface area (Å²) in [6.07, 6.45) is 0. The largest absolute Gasteiger partial charge is 0.503 e. The second kappa shape index (κ2) is 10.1. The highest BCUT2D eigenvalue weighted by Crippen LogP contribution is 2.43. The van der Waals surface area contributed by atoms with Gasteiger partial charge in [0.2, 0.25) is 5.78 Å². The van der Waals surface area contributed by atoms with E-state index in [9.17, 15) is 14.7 Å². The van der Waals surface area contributed by atoms with Crippen molar-refractivity contribution in [2.75, 3.05) is 18.6 Å². The van der Waals surface area contributed by atoms with E-state index < -0.39 is 23.5 Å². The van der Waals surface area contributed by atoms with E-state index in [1.807, 2.05) is 31.2 Å². The molecule has 0 spiro atoms. The molecule has 1 aliphatic heterocycles. The molecule has 2 heterocycles. The Kier molecular flexibility index (Phi) is 6.68. The predicted molar refractivity (Wildman–Crippen MR) is 145 cm³/mol. The topological polar surface area (TPSA) is 89.2 Å². The first-order valence-electron chi connectivity index (χ1n) is 12.5. The number of nitrogens with zero attached hydrogens (tertiary/aromatic N) is 1. The van der Waals surface area contributed by atoms with Crippen molar-refractivity contribution in [1.82, 2.24) is 0 Å². The van der Waals surface area contributed by atoms with Crippen LogP contribution in [0.1, 0.15) is 54.4 Å². The second-order valence-electron chi connectivity index (χ2n) is 9.41.